The molecule has 1 amide bonds. The maximum absolute atomic E-state index is 12.0. The quantitative estimate of drug-likeness (QED) is 0.615. The molecule has 0 aliphatic rings. The van der Waals surface area contributed by atoms with Crippen LogP contribution in [-0.2, 0) is 10.0 Å². The highest BCUT2D eigenvalue weighted by atomic mass is 32.2. The normalized spacial score (nSPS) is 11.1. The van der Waals surface area contributed by atoms with Crippen molar-refractivity contribution in [2.45, 2.75) is 11.3 Å². The lowest BCUT2D eigenvalue weighted by Gasteiger charge is -2.01. The zero-order valence-electron chi connectivity index (χ0n) is 11.7. The van der Waals surface area contributed by atoms with E-state index in [1.54, 1.807) is 18.2 Å². The van der Waals surface area contributed by atoms with Gasteiger partial charge in [0.15, 0.2) is 0 Å². The fourth-order valence-corrected chi connectivity index (χ4v) is 3.49. The first-order valence-corrected chi connectivity index (χ1v) is 8.54. The van der Waals surface area contributed by atoms with E-state index in [2.05, 4.69) is 26.8 Å². The Bertz CT molecular complexity index is 799. The molecule has 0 aliphatic carbocycles. The highest BCUT2D eigenvalue weighted by molar-refractivity contribution is 7.91. The summed E-state index contributed by atoms with van der Waals surface area (Å²) >= 11 is 0.779. The Balaban J connectivity index is 2.12. The molecule has 22 heavy (non-hydrogen) atoms. The summed E-state index contributed by atoms with van der Waals surface area (Å²) in [6.45, 7) is 5.39. The van der Waals surface area contributed by atoms with E-state index in [-0.39, 0.29) is 21.9 Å². The predicted molar refractivity (Wildman–Crippen MR) is 84.4 cm³/mol. The fourth-order valence-electron chi connectivity index (χ4n) is 1.55. The van der Waals surface area contributed by atoms with Gasteiger partial charge in [0.05, 0.1) is 0 Å². The summed E-state index contributed by atoms with van der Waals surface area (Å²) < 4.78 is 25.7. The Morgan fingerprint density at radius 3 is 2.86 bits per heavy atom. The second-order valence-corrected chi connectivity index (χ2v) is 7.26. The zero-order chi connectivity index (χ0) is 16.2. The molecule has 0 fully saturated rings. The van der Waals surface area contributed by atoms with Gasteiger partial charge in [-0.15, -0.1) is 16.8 Å². The first kappa shape index (κ1) is 16.3. The lowest BCUT2D eigenvalue weighted by molar-refractivity contribution is 0.102. The molecule has 7 nitrogen and oxygen atoms in total. The van der Waals surface area contributed by atoms with E-state index in [1.165, 1.54) is 6.08 Å². The molecule has 0 atom stereocenters. The van der Waals surface area contributed by atoms with Crippen molar-refractivity contribution in [1.29, 1.82) is 0 Å². The summed E-state index contributed by atoms with van der Waals surface area (Å²) in [6, 6.07) is 7.02. The summed E-state index contributed by atoms with van der Waals surface area (Å²) in [5.41, 5.74) is 1.41. The molecule has 0 aliphatic heterocycles. The standard InChI is InChI=1S/C13H14N4O3S2/c1-3-7-14-22(19,20)13-17-16-12(21-13)15-11(18)10-6-4-5-9(2)8-10/h3-6,8,14H,1,7H2,2H3,(H,15,16,18). The van der Waals surface area contributed by atoms with Crippen LogP contribution >= 0.6 is 11.3 Å². The lowest BCUT2D eigenvalue weighted by Crippen LogP contribution is -2.23. The van der Waals surface area contributed by atoms with E-state index in [0.29, 0.717) is 5.56 Å². The monoisotopic (exact) mass is 338 g/mol. The number of aromatic nitrogens is 2. The minimum atomic E-state index is -3.74. The van der Waals surface area contributed by atoms with Crippen LogP contribution in [0.15, 0.2) is 41.3 Å². The van der Waals surface area contributed by atoms with E-state index in [1.807, 2.05) is 13.0 Å². The average Bonchev–Trinajstić information content (AvgIpc) is 2.94. The van der Waals surface area contributed by atoms with E-state index in [4.69, 9.17) is 0 Å². The summed E-state index contributed by atoms with van der Waals surface area (Å²) in [4.78, 5) is 12.0. The topological polar surface area (TPSA) is 101 Å². The number of carbonyl (C=O) groups excluding carboxylic acids is 1. The minimum absolute atomic E-state index is 0.0902. The van der Waals surface area contributed by atoms with E-state index < -0.39 is 10.0 Å². The maximum atomic E-state index is 12.0. The zero-order valence-corrected chi connectivity index (χ0v) is 13.4. The van der Waals surface area contributed by atoms with Crippen LogP contribution in [0, 0.1) is 6.92 Å². The maximum Gasteiger partial charge on any atom is 0.270 e. The highest BCUT2D eigenvalue weighted by Gasteiger charge is 2.20. The number of sulfonamides is 1. The number of hydrogen-bond acceptors (Lipinski definition) is 6. The molecule has 0 spiro atoms. The molecule has 0 radical (unpaired) electrons. The van der Waals surface area contributed by atoms with Gasteiger partial charge in [-0.2, -0.15) is 0 Å². The van der Waals surface area contributed by atoms with Gasteiger partial charge in [-0.1, -0.05) is 35.1 Å². The van der Waals surface area contributed by atoms with Gasteiger partial charge >= 0.3 is 0 Å². The Morgan fingerprint density at radius 2 is 2.18 bits per heavy atom. The molecule has 2 rings (SSSR count). The van der Waals surface area contributed by atoms with Crippen LogP contribution in [0.2, 0.25) is 0 Å². The molecular weight excluding hydrogens is 324 g/mol. The molecule has 2 N–H and O–H groups in total. The molecule has 1 aromatic heterocycles. The predicted octanol–water partition coefficient (Wildman–Crippen LogP) is 1.56. The third-order valence-electron chi connectivity index (χ3n) is 2.55. The second-order valence-electron chi connectivity index (χ2n) is 4.34. The first-order valence-electron chi connectivity index (χ1n) is 6.24. The molecule has 116 valence electrons. The van der Waals surface area contributed by atoms with E-state index in [9.17, 15) is 13.2 Å². The van der Waals surface area contributed by atoms with E-state index >= 15 is 0 Å². The van der Waals surface area contributed by atoms with Crippen molar-refractivity contribution >= 4 is 32.4 Å². The van der Waals surface area contributed by atoms with Crippen molar-refractivity contribution in [2.24, 2.45) is 0 Å². The van der Waals surface area contributed by atoms with Crippen LogP contribution in [0.5, 0.6) is 0 Å². The number of anilines is 1. The SMILES string of the molecule is C=CCNS(=O)(=O)c1nnc(NC(=O)c2cccc(C)c2)s1. The molecule has 0 saturated carbocycles. The molecule has 2 aromatic rings. The van der Waals surface area contributed by atoms with Gasteiger partial charge in [-0.05, 0) is 19.1 Å². The summed E-state index contributed by atoms with van der Waals surface area (Å²) in [6.07, 6.45) is 1.42. The van der Waals surface area contributed by atoms with E-state index in [0.717, 1.165) is 16.9 Å². The summed E-state index contributed by atoms with van der Waals surface area (Å²) in [5.74, 6) is -0.372. The Kier molecular flexibility index (Phi) is 5.01. The average molecular weight is 338 g/mol. The Morgan fingerprint density at radius 1 is 1.41 bits per heavy atom. The van der Waals surface area contributed by atoms with Gasteiger partial charge in [-0.3, -0.25) is 10.1 Å². The van der Waals surface area contributed by atoms with Crippen LogP contribution in [-0.4, -0.2) is 31.1 Å². The number of nitrogens with one attached hydrogen (secondary N) is 2. The van der Waals surface area contributed by atoms with Gasteiger partial charge in [-0.25, -0.2) is 13.1 Å². The molecule has 0 saturated heterocycles. The number of benzene rings is 1. The molecule has 9 heteroatoms. The first-order chi connectivity index (χ1) is 10.4. The Hall–Kier alpha value is -2.10. The van der Waals surface area contributed by atoms with Crippen LogP contribution in [0.4, 0.5) is 5.13 Å². The van der Waals surface area contributed by atoms with Crippen molar-refractivity contribution in [3.8, 4) is 0 Å². The van der Waals surface area contributed by atoms with Gasteiger partial charge in [0, 0.05) is 12.1 Å². The van der Waals surface area contributed by atoms with Crippen molar-refractivity contribution in [2.75, 3.05) is 11.9 Å². The number of aryl methyl sites for hydroxylation is 1. The van der Waals surface area contributed by atoms with Crippen molar-refractivity contribution in [3.05, 3.63) is 48.0 Å². The van der Waals surface area contributed by atoms with Gasteiger partial charge < -0.3 is 0 Å². The largest absolute Gasteiger partial charge is 0.296 e. The van der Waals surface area contributed by atoms with Crippen LogP contribution in [0.3, 0.4) is 0 Å². The van der Waals surface area contributed by atoms with Gasteiger partial charge in [0.1, 0.15) is 0 Å². The van der Waals surface area contributed by atoms with Crippen molar-refractivity contribution in [1.82, 2.24) is 14.9 Å². The molecule has 1 aromatic carbocycles. The van der Waals surface area contributed by atoms with Gasteiger partial charge in [0.25, 0.3) is 15.9 Å². The third-order valence-corrected chi connectivity index (χ3v) is 5.18. The number of rotatable bonds is 6. The number of nitrogens with zero attached hydrogens (tertiary/aromatic N) is 2. The third kappa shape index (κ3) is 3.97. The fraction of sp³-hybridized carbons (Fsp3) is 0.154. The Labute approximate surface area is 132 Å². The van der Waals surface area contributed by atoms with Crippen LogP contribution in [0.1, 0.15) is 15.9 Å². The molecule has 0 bridgehead atoms. The van der Waals surface area contributed by atoms with Crippen LogP contribution in [0.25, 0.3) is 0 Å². The van der Waals surface area contributed by atoms with Crippen LogP contribution < -0.4 is 10.0 Å². The smallest absolute Gasteiger partial charge is 0.270 e. The minimum Gasteiger partial charge on any atom is -0.296 e. The molecule has 0 unspecified atom stereocenters. The van der Waals surface area contributed by atoms with Crippen molar-refractivity contribution < 1.29 is 13.2 Å². The number of carbonyl (C=O) groups is 1. The molecule has 1 heterocycles. The van der Waals surface area contributed by atoms with Gasteiger partial charge in [0.2, 0.25) is 9.47 Å². The summed E-state index contributed by atoms with van der Waals surface area (Å²) in [5, 5.41) is 9.89. The lowest BCUT2D eigenvalue weighted by atomic mass is 10.1. The number of hydrogen-bond donors (Lipinski definition) is 2. The second kappa shape index (κ2) is 6.77. The molecular formula is C13H14N4O3S2. The highest BCUT2D eigenvalue weighted by Crippen LogP contribution is 2.20. The van der Waals surface area contributed by atoms with Crippen molar-refractivity contribution in [3.63, 3.8) is 0 Å². The number of amides is 1. The summed E-state index contributed by atoms with van der Waals surface area (Å²) in [7, 11) is -3.74.